The van der Waals surface area contributed by atoms with E-state index in [2.05, 4.69) is 5.32 Å². The van der Waals surface area contributed by atoms with Gasteiger partial charge in [-0.25, -0.2) is 0 Å². The molecule has 0 saturated carbocycles. The van der Waals surface area contributed by atoms with Gasteiger partial charge < -0.3 is 10.1 Å². The van der Waals surface area contributed by atoms with Crippen LogP contribution in [0.4, 0.5) is 0 Å². The van der Waals surface area contributed by atoms with Crippen LogP contribution in [0.5, 0.6) is 0 Å². The van der Waals surface area contributed by atoms with Crippen LogP contribution in [0, 0.1) is 0 Å². The molecule has 0 aromatic rings. The van der Waals surface area contributed by atoms with Gasteiger partial charge in [-0.3, -0.25) is 4.79 Å². The van der Waals surface area contributed by atoms with E-state index in [1.54, 1.807) is 0 Å². The summed E-state index contributed by atoms with van der Waals surface area (Å²) >= 11 is 5.42. The van der Waals surface area contributed by atoms with Crippen molar-refractivity contribution in [1.82, 2.24) is 5.32 Å². The largest absolute Gasteiger partial charge is 0.378 e. The van der Waals surface area contributed by atoms with Gasteiger partial charge in [-0.1, -0.05) is 0 Å². The first-order valence-corrected chi connectivity index (χ1v) is 5.30. The van der Waals surface area contributed by atoms with Crippen LogP contribution in [0.25, 0.3) is 0 Å². The fraction of sp³-hybridized carbons (Fsp3) is 0.889. The van der Waals surface area contributed by atoms with E-state index in [4.69, 9.17) is 16.3 Å². The molecule has 1 heterocycles. The first-order chi connectivity index (χ1) is 6.33. The zero-order valence-electron chi connectivity index (χ0n) is 7.72. The Morgan fingerprint density at radius 1 is 1.62 bits per heavy atom. The second-order valence-electron chi connectivity index (χ2n) is 3.21. The third kappa shape index (κ3) is 4.48. The van der Waals surface area contributed by atoms with Crippen molar-refractivity contribution in [1.29, 1.82) is 0 Å². The lowest BCUT2D eigenvalue weighted by atomic mass is 10.2. The topological polar surface area (TPSA) is 38.3 Å². The van der Waals surface area contributed by atoms with Gasteiger partial charge >= 0.3 is 0 Å². The van der Waals surface area contributed by atoms with Crippen molar-refractivity contribution < 1.29 is 9.53 Å². The van der Waals surface area contributed by atoms with Gasteiger partial charge in [0.25, 0.3) is 0 Å². The molecule has 1 fully saturated rings. The Balaban J connectivity index is 1.96. The molecule has 13 heavy (non-hydrogen) atoms. The molecule has 1 aliphatic heterocycles. The zero-order chi connectivity index (χ0) is 9.52. The minimum absolute atomic E-state index is 0.0352. The SMILES string of the molecule is O=C(CCCl)NCCC1CCCO1. The summed E-state index contributed by atoms with van der Waals surface area (Å²) in [5.41, 5.74) is 0. The second-order valence-corrected chi connectivity index (χ2v) is 3.59. The third-order valence-electron chi connectivity index (χ3n) is 2.13. The summed E-state index contributed by atoms with van der Waals surface area (Å²) in [5, 5.41) is 2.81. The molecule has 4 heteroatoms. The first-order valence-electron chi connectivity index (χ1n) is 4.77. The standard InChI is InChI=1S/C9H16ClNO2/c10-5-3-9(12)11-6-4-8-2-1-7-13-8/h8H,1-7H2,(H,11,12). The molecule has 1 saturated heterocycles. The van der Waals surface area contributed by atoms with E-state index in [0.29, 0.717) is 24.9 Å². The van der Waals surface area contributed by atoms with Gasteiger partial charge in [-0.15, -0.1) is 11.6 Å². The molecule has 0 aromatic heterocycles. The van der Waals surface area contributed by atoms with E-state index in [1.165, 1.54) is 0 Å². The van der Waals surface area contributed by atoms with Gasteiger partial charge in [0.15, 0.2) is 0 Å². The maximum atomic E-state index is 11.0. The molecule has 0 spiro atoms. The summed E-state index contributed by atoms with van der Waals surface area (Å²) in [6.07, 6.45) is 3.98. The van der Waals surface area contributed by atoms with Crippen LogP contribution < -0.4 is 5.32 Å². The molecule has 1 N–H and O–H groups in total. The highest BCUT2D eigenvalue weighted by molar-refractivity contribution is 6.18. The smallest absolute Gasteiger partial charge is 0.221 e. The molecule has 0 aromatic carbocycles. The maximum absolute atomic E-state index is 11.0. The Hall–Kier alpha value is -0.280. The zero-order valence-corrected chi connectivity index (χ0v) is 8.48. The van der Waals surface area contributed by atoms with Crippen molar-refractivity contribution in [3.05, 3.63) is 0 Å². The molecule has 0 radical (unpaired) electrons. The van der Waals surface area contributed by atoms with Crippen LogP contribution in [0.1, 0.15) is 25.7 Å². The molecular formula is C9H16ClNO2. The molecule has 1 aliphatic rings. The molecule has 0 aliphatic carbocycles. The number of halogens is 1. The summed E-state index contributed by atoms with van der Waals surface area (Å²) in [7, 11) is 0. The Morgan fingerprint density at radius 2 is 2.46 bits per heavy atom. The summed E-state index contributed by atoms with van der Waals surface area (Å²) in [5.74, 6) is 0.430. The van der Waals surface area contributed by atoms with E-state index < -0.39 is 0 Å². The van der Waals surface area contributed by atoms with E-state index in [9.17, 15) is 4.79 Å². The van der Waals surface area contributed by atoms with Crippen molar-refractivity contribution in [2.45, 2.75) is 31.8 Å². The van der Waals surface area contributed by atoms with Gasteiger partial charge in [-0.05, 0) is 19.3 Å². The monoisotopic (exact) mass is 205 g/mol. The first kappa shape index (κ1) is 10.8. The quantitative estimate of drug-likeness (QED) is 0.688. The van der Waals surface area contributed by atoms with Crippen LogP contribution in [-0.2, 0) is 9.53 Å². The fourth-order valence-corrected chi connectivity index (χ4v) is 1.59. The van der Waals surface area contributed by atoms with Gasteiger partial charge in [0.05, 0.1) is 6.10 Å². The predicted octanol–water partition coefficient (Wildman–Crippen LogP) is 1.30. The summed E-state index contributed by atoms with van der Waals surface area (Å²) in [6, 6.07) is 0. The van der Waals surface area contributed by atoms with E-state index >= 15 is 0 Å². The van der Waals surface area contributed by atoms with E-state index in [1.807, 2.05) is 0 Å². The van der Waals surface area contributed by atoms with Crippen molar-refractivity contribution >= 4 is 17.5 Å². The minimum atomic E-state index is 0.0352. The van der Waals surface area contributed by atoms with Crippen molar-refractivity contribution in [2.75, 3.05) is 19.0 Å². The number of alkyl halides is 1. The number of rotatable bonds is 5. The predicted molar refractivity (Wildman–Crippen MR) is 51.9 cm³/mol. The molecule has 1 amide bonds. The van der Waals surface area contributed by atoms with Crippen LogP contribution in [0.2, 0.25) is 0 Å². The van der Waals surface area contributed by atoms with Crippen molar-refractivity contribution in [3.63, 3.8) is 0 Å². The number of hydrogen-bond acceptors (Lipinski definition) is 2. The number of amides is 1. The summed E-state index contributed by atoms with van der Waals surface area (Å²) in [4.78, 5) is 11.0. The normalized spacial score (nSPS) is 21.8. The van der Waals surface area contributed by atoms with Crippen LogP contribution in [-0.4, -0.2) is 31.0 Å². The number of nitrogens with one attached hydrogen (secondary N) is 1. The highest BCUT2D eigenvalue weighted by Crippen LogP contribution is 2.14. The molecule has 1 unspecified atom stereocenters. The molecular weight excluding hydrogens is 190 g/mol. The molecule has 3 nitrogen and oxygen atoms in total. The lowest BCUT2D eigenvalue weighted by molar-refractivity contribution is -0.120. The Kier molecular flexibility index (Phi) is 5.16. The summed E-state index contributed by atoms with van der Waals surface area (Å²) < 4.78 is 5.42. The number of hydrogen-bond donors (Lipinski definition) is 1. The lowest BCUT2D eigenvalue weighted by Gasteiger charge is -2.09. The van der Waals surface area contributed by atoms with Crippen LogP contribution in [0.15, 0.2) is 0 Å². The van der Waals surface area contributed by atoms with Gasteiger partial charge in [0, 0.05) is 25.5 Å². The Morgan fingerprint density at radius 3 is 3.08 bits per heavy atom. The lowest BCUT2D eigenvalue weighted by Crippen LogP contribution is -2.27. The highest BCUT2D eigenvalue weighted by atomic mass is 35.5. The number of carbonyl (C=O) groups excluding carboxylic acids is 1. The number of carbonyl (C=O) groups is 1. The average Bonchev–Trinajstić information content (AvgIpc) is 2.57. The van der Waals surface area contributed by atoms with Gasteiger partial charge in [-0.2, -0.15) is 0 Å². The molecule has 1 atom stereocenters. The van der Waals surface area contributed by atoms with Gasteiger partial charge in [0.2, 0.25) is 5.91 Å². The Labute approximate surface area is 83.8 Å². The van der Waals surface area contributed by atoms with E-state index in [0.717, 1.165) is 25.9 Å². The third-order valence-corrected chi connectivity index (χ3v) is 2.32. The molecule has 1 rings (SSSR count). The summed E-state index contributed by atoms with van der Waals surface area (Å²) in [6.45, 7) is 1.58. The second kappa shape index (κ2) is 6.22. The minimum Gasteiger partial charge on any atom is -0.378 e. The fourth-order valence-electron chi connectivity index (χ4n) is 1.42. The maximum Gasteiger partial charge on any atom is 0.221 e. The Bertz CT molecular complexity index is 158. The van der Waals surface area contributed by atoms with E-state index in [-0.39, 0.29) is 5.91 Å². The number of ether oxygens (including phenoxy) is 1. The van der Waals surface area contributed by atoms with Crippen LogP contribution >= 0.6 is 11.6 Å². The van der Waals surface area contributed by atoms with Crippen molar-refractivity contribution in [3.8, 4) is 0 Å². The van der Waals surface area contributed by atoms with Crippen molar-refractivity contribution in [2.24, 2.45) is 0 Å². The average molecular weight is 206 g/mol. The molecule has 0 bridgehead atoms. The highest BCUT2D eigenvalue weighted by Gasteiger charge is 2.14. The molecule has 76 valence electrons. The van der Waals surface area contributed by atoms with Gasteiger partial charge in [0.1, 0.15) is 0 Å². The van der Waals surface area contributed by atoms with Crippen LogP contribution in [0.3, 0.4) is 0 Å².